The van der Waals surface area contributed by atoms with Gasteiger partial charge in [-0.25, -0.2) is 18.2 Å². The van der Waals surface area contributed by atoms with E-state index in [9.17, 15) is 23.2 Å². The number of piperazine rings is 1. The molecule has 0 amide bonds. The van der Waals surface area contributed by atoms with Gasteiger partial charge in [0, 0.05) is 26.2 Å². The second-order valence-corrected chi connectivity index (χ2v) is 9.63. The number of aryl methyl sites for hydroxylation is 1. The molecule has 4 aromatic rings. The van der Waals surface area contributed by atoms with E-state index in [-0.39, 0.29) is 22.9 Å². The molecule has 194 valence electrons. The lowest BCUT2D eigenvalue weighted by Gasteiger charge is -2.53. The third-order valence-electron chi connectivity index (χ3n) is 7.39. The van der Waals surface area contributed by atoms with Crippen LogP contribution in [-0.2, 0) is 19.9 Å². The van der Waals surface area contributed by atoms with Crippen molar-refractivity contribution in [2.75, 3.05) is 24.7 Å². The molecule has 3 heterocycles. The molecule has 1 saturated heterocycles. The number of fused-ring (bicyclic) bond motifs is 1. The molecule has 2 aromatic carbocycles. The molecule has 0 radical (unpaired) electrons. The quantitative estimate of drug-likeness (QED) is 0.418. The SMILES string of the molecule is Cn1c(=O)cc(N2CCNC(CF)C2(Cc2ccc(F)cc2)Cc2ccc(F)cc2)c2nc(C#N)ccc21. The lowest BCUT2D eigenvalue weighted by Crippen LogP contribution is -2.70. The first kappa shape index (κ1) is 25.5. The maximum Gasteiger partial charge on any atom is 0.252 e. The van der Waals surface area contributed by atoms with Crippen LogP contribution in [0, 0.1) is 23.0 Å². The minimum atomic E-state index is -0.980. The van der Waals surface area contributed by atoms with Crippen LogP contribution >= 0.6 is 0 Å². The molecule has 0 aliphatic carbocycles. The smallest absolute Gasteiger partial charge is 0.252 e. The summed E-state index contributed by atoms with van der Waals surface area (Å²) in [7, 11) is 1.63. The first-order chi connectivity index (χ1) is 18.3. The molecule has 1 aliphatic rings. The molecule has 0 bridgehead atoms. The molecule has 5 rings (SSSR count). The zero-order valence-corrected chi connectivity index (χ0v) is 20.8. The highest BCUT2D eigenvalue weighted by Crippen LogP contribution is 2.38. The molecule has 1 N–H and O–H groups in total. The van der Waals surface area contributed by atoms with Crippen molar-refractivity contribution in [3.8, 4) is 6.07 Å². The van der Waals surface area contributed by atoms with Crippen LogP contribution in [0.5, 0.6) is 0 Å². The van der Waals surface area contributed by atoms with Crippen molar-refractivity contribution in [3.63, 3.8) is 0 Å². The Morgan fingerprint density at radius 2 is 1.63 bits per heavy atom. The van der Waals surface area contributed by atoms with Crippen LogP contribution < -0.4 is 15.8 Å². The molecule has 0 saturated carbocycles. The van der Waals surface area contributed by atoms with Crippen molar-refractivity contribution in [1.82, 2.24) is 14.9 Å². The average Bonchev–Trinajstić information content (AvgIpc) is 2.93. The number of pyridine rings is 2. The molecule has 1 fully saturated rings. The van der Waals surface area contributed by atoms with Crippen LogP contribution in [0.2, 0.25) is 0 Å². The summed E-state index contributed by atoms with van der Waals surface area (Å²) in [6.07, 6.45) is 0.613. The van der Waals surface area contributed by atoms with E-state index in [1.54, 1.807) is 43.4 Å². The highest BCUT2D eigenvalue weighted by molar-refractivity contribution is 5.89. The van der Waals surface area contributed by atoms with Gasteiger partial charge < -0.3 is 14.8 Å². The van der Waals surface area contributed by atoms with E-state index in [1.165, 1.54) is 34.9 Å². The predicted octanol–water partition coefficient (Wildman–Crippen LogP) is 4.06. The van der Waals surface area contributed by atoms with E-state index in [1.807, 2.05) is 4.90 Å². The minimum Gasteiger partial charge on any atom is -0.360 e. The summed E-state index contributed by atoms with van der Waals surface area (Å²) < 4.78 is 43.8. The Morgan fingerprint density at radius 3 is 2.18 bits per heavy atom. The van der Waals surface area contributed by atoms with E-state index < -0.39 is 18.3 Å². The average molecular weight is 518 g/mol. The predicted molar refractivity (Wildman–Crippen MR) is 140 cm³/mol. The van der Waals surface area contributed by atoms with Crippen molar-refractivity contribution in [1.29, 1.82) is 5.26 Å². The van der Waals surface area contributed by atoms with Crippen LogP contribution in [0.1, 0.15) is 16.8 Å². The van der Waals surface area contributed by atoms with Crippen molar-refractivity contribution >= 4 is 16.7 Å². The van der Waals surface area contributed by atoms with Gasteiger partial charge in [-0.05, 0) is 60.4 Å². The van der Waals surface area contributed by atoms with Crippen molar-refractivity contribution in [2.24, 2.45) is 7.05 Å². The molecular weight excluding hydrogens is 491 g/mol. The normalized spacial score (nSPS) is 16.9. The van der Waals surface area contributed by atoms with Crippen LogP contribution in [0.3, 0.4) is 0 Å². The van der Waals surface area contributed by atoms with Gasteiger partial charge >= 0.3 is 0 Å². The summed E-state index contributed by atoms with van der Waals surface area (Å²) in [6, 6.07) is 18.2. The highest BCUT2D eigenvalue weighted by Gasteiger charge is 2.47. The molecule has 6 nitrogen and oxygen atoms in total. The molecule has 2 aromatic heterocycles. The standard InChI is InChI=1S/C29H26F3N5O/c1-36-24-11-10-23(18-33)35-28(24)25(14-27(36)38)37-13-12-34-26(17-30)29(37,15-19-2-6-21(31)7-3-19)16-20-4-8-22(32)9-5-20/h2-11,14,26,34H,12-13,15-17H2,1H3. The summed E-state index contributed by atoms with van der Waals surface area (Å²) >= 11 is 0. The third-order valence-corrected chi connectivity index (χ3v) is 7.39. The largest absolute Gasteiger partial charge is 0.360 e. The maximum absolute atomic E-state index is 14.8. The minimum absolute atomic E-state index is 0.192. The Bertz CT molecular complexity index is 1510. The van der Waals surface area contributed by atoms with E-state index in [2.05, 4.69) is 16.4 Å². The number of halogens is 3. The Kier molecular flexibility index (Phi) is 6.91. The molecule has 1 unspecified atom stereocenters. The van der Waals surface area contributed by atoms with Crippen LogP contribution in [0.15, 0.2) is 71.5 Å². The van der Waals surface area contributed by atoms with Gasteiger partial charge in [-0.15, -0.1) is 0 Å². The Balaban J connectivity index is 1.76. The summed E-state index contributed by atoms with van der Waals surface area (Å²) in [5.41, 5.74) is 1.98. The number of alkyl halides is 1. The first-order valence-electron chi connectivity index (χ1n) is 12.3. The number of hydrogen-bond donors (Lipinski definition) is 1. The lowest BCUT2D eigenvalue weighted by atomic mass is 9.75. The zero-order chi connectivity index (χ0) is 26.9. The van der Waals surface area contributed by atoms with Crippen LogP contribution in [-0.4, -0.2) is 40.9 Å². The Morgan fingerprint density at radius 1 is 1.03 bits per heavy atom. The topological polar surface area (TPSA) is 74.0 Å². The fourth-order valence-corrected chi connectivity index (χ4v) is 5.50. The molecule has 0 spiro atoms. The van der Waals surface area contributed by atoms with Crippen molar-refractivity contribution in [3.05, 3.63) is 106 Å². The number of nitrogens with one attached hydrogen (secondary N) is 1. The van der Waals surface area contributed by atoms with Gasteiger partial charge in [-0.1, -0.05) is 24.3 Å². The van der Waals surface area contributed by atoms with Crippen LogP contribution in [0.25, 0.3) is 11.0 Å². The fraction of sp³-hybridized carbons (Fsp3) is 0.276. The zero-order valence-electron chi connectivity index (χ0n) is 20.8. The lowest BCUT2D eigenvalue weighted by molar-refractivity contribution is 0.199. The summed E-state index contributed by atoms with van der Waals surface area (Å²) in [5.74, 6) is -0.763. The van der Waals surface area contributed by atoms with E-state index in [4.69, 9.17) is 0 Å². The van der Waals surface area contributed by atoms with E-state index in [0.29, 0.717) is 42.7 Å². The number of rotatable bonds is 6. The number of hydrogen-bond acceptors (Lipinski definition) is 5. The molecular formula is C29H26F3N5O. The van der Waals surface area contributed by atoms with Gasteiger partial charge in [-0.3, -0.25) is 4.79 Å². The van der Waals surface area contributed by atoms with Gasteiger partial charge in [0.25, 0.3) is 5.56 Å². The van der Waals surface area contributed by atoms with Gasteiger partial charge in [0.05, 0.1) is 22.8 Å². The van der Waals surface area contributed by atoms with Gasteiger partial charge in [0.1, 0.15) is 35.6 Å². The molecule has 38 heavy (non-hydrogen) atoms. The maximum atomic E-state index is 14.8. The number of benzene rings is 2. The first-order valence-corrected chi connectivity index (χ1v) is 12.3. The second kappa shape index (κ2) is 10.3. The number of aromatic nitrogens is 2. The van der Waals surface area contributed by atoms with Crippen molar-refractivity contribution < 1.29 is 13.2 Å². The Hall–Kier alpha value is -4.16. The van der Waals surface area contributed by atoms with Crippen LogP contribution in [0.4, 0.5) is 18.9 Å². The van der Waals surface area contributed by atoms with E-state index in [0.717, 1.165) is 11.1 Å². The fourth-order valence-electron chi connectivity index (χ4n) is 5.50. The highest BCUT2D eigenvalue weighted by atomic mass is 19.1. The summed E-state index contributed by atoms with van der Waals surface area (Å²) in [4.78, 5) is 19.6. The number of nitrogens with zero attached hydrogens (tertiary/aromatic N) is 4. The van der Waals surface area contributed by atoms with Gasteiger partial charge in [0.2, 0.25) is 0 Å². The van der Waals surface area contributed by atoms with Gasteiger partial charge in [0.15, 0.2) is 0 Å². The summed E-state index contributed by atoms with van der Waals surface area (Å²) in [5, 5.41) is 12.8. The van der Waals surface area contributed by atoms with Crippen molar-refractivity contribution in [2.45, 2.75) is 24.4 Å². The molecule has 1 atom stereocenters. The monoisotopic (exact) mass is 517 g/mol. The second-order valence-electron chi connectivity index (χ2n) is 9.63. The molecule has 1 aliphatic heterocycles. The van der Waals surface area contributed by atoms with E-state index >= 15 is 0 Å². The molecule has 9 heteroatoms. The Labute approximate surface area is 218 Å². The third kappa shape index (κ3) is 4.63. The summed E-state index contributed by atoms with van der Waals surface area (Å²) in [6.45, 7) is 0.149. The number of nitriles is 1. The van der Waals surface area contributed by atoms with Gasteiger partial charge in [-0.2, -0.15) is 5.26 Å². The number of anilines is 1.